The number of aryl methyl sites for hydroxylation is 1. The lowest BCUT2D eigenvalue weighted by Gasteiger charge is -2.13. The summed E-state index contributed by atoms with van der Waals surface area (Å²) in [6.45, 7) is 6.81. The minimum Gasteiger partial charge on any atom is -0.370 e. The average molecular weight is 294 g/mol. The van der Waals surface area contributed by atoms with E-state index in [0.717, 1.165) is 30.0 Å². The number of rotatable bonds is 4. The third-order valence-corrected chi connectivity index (χ3v) is 3.40. The minimum atomic E-state index is -0.368. The Morgan fingerprint density at radius 3 is 2.60 bits per heavy atom. The SMILES string of the molecule is CCNc1nc(-c2ccc(F)cc2Cl)nc(C)c1CC. The number of aromatic nitrogens is 2. The molecule has 0 bridgehead atoms. The number of halogens is 2. The second-order valence-electron chi connectivity index (χ2n) is 4.47. The van der Waals surface area contributed by atoms with Gasteiger partial charge in [0.25, 0.3) is 0 Å². The van der Waals surface area contributed by atoms with E-state index in [2.05, 4.69) is 22.2 Å². The van der Waals surface area contributed by atoms with E-state index in [4.69, 9.17) is 11.6 Å². The Morgan fingerprint density at radius 1 is 1.25 bits per heavy atom. The summed E-state index contributed by atoms with van der Waals surface area (Å²) in [6, 6.07) is 4.24. The van der Waals surface area contributed by atoms with Gasteiger partial charge >= 0.3 is 0 Å². The van der Waals surface area contributed by atoms with Gasteiger partial charge in [0.05, 0.1) is 5.02 Å². The predicted molar refractivity (Wildman–Crippen MR) is 80.7 cm³/mol. The van der Waals surface area contributed by atoms with Crippen LogP contribution < -0.4 is 5.32 Å². The first kappa shape index (κ1) is 14.7. The largest absolute Gasteiger partial charge is 0.370 e. The lowest BCUT2D eigenvalue weighted by Crippen LogP contribution is -2.08. The van der Waals surface area contributed by atoms with Gasteiger partial charge in [0.2, 0.25) is 0 Å². The molecule has 2 rings (SSSR count). The maximum atomic E-state index is 13.1. The van der Waals surface area contributed by atoms with Crippen LogP contribution in [0.5, 0.6) is 0 Å². The molecule has 106 valence electrons. The lowest BCUT2D eigenvalue weighted by molar-refractivity contribution is 0.628. The molecule has 2 aromatic rings. The summed E-state index contributed by atoms with van der Waals surface area (Å²) in [7, 11) is 0. The molecule has 0 spiro atoms. The van der Waals surface area contributed by atoms with Gasteiger partial charge in [0.1, 0.15) is 11.6 Å². The van der Waals surface area contributed by atoms with E-state index < -0.39 is 0 Å². The molecule has 20 heavy (non-hydrogen) atoms. The molecule has 1 aromatic heterocycles. The van der Waals surface area contributed by atoms with Crippen LogP contribution in [0.3, 0.4) is 0 Å². The number of hydrogen-bond donors (Lipinski definition) is 1. The summed E-state index contributed by atoms with van der Waals surface area (Å²) >= 11 is 6.08. The van der Waals surface area contributed by atoms with Gasteiger partial charge in [-0.1, -0.05) is 18.5 Å². The van der Waals surface area contributed by atoms with Crippen molar-refractivity contribution in [3.8, 4) is 11.4 Å². The molecular weight excluding hydrogens is 277 g/mol. The summed E-state index contributed by atoms with van der Waals surface area (Å²) in [6.07, 6.45) is 0.853. The van der Waals surface area contributed by atoms with E-state index in [0.29, 0.717) is 16.4 Å². The van der Waals surface area contributed by atoms with Crippen LogP contribution >= 0.6 is 11.6 Å². The molecule has 0 fully saturated rings. The van der Waals surface area contributed by atoms with Gasteiger partial charge in [0.15, 0.2) is 5.82 Å². The second-order valence-corrected chi connectivity index (χ2v) is 4.88. The summed E-state index contributed by atoms with van der Waals surface area (Å²) < 4.78 is 13.1. The van der Waals surface area contributed by atoms with Crippen LogP contribution in [0.15, 0.2) is 18.2 Å². The van der Waals surface area contributed by atoms with Gasteiger partial charge in [-0.15, -0.1) is 0 Å². The molecule has 0 aliphatic carbocycles. The molecule has 0 aliphatic heterocycles. The first-order valence-electron chi connectivity index (χ1n) is 6.63. The Hall–Kier alpha value is -1.68. The maximum Gasteiger partial charge on any atom is 0.163 e. The maximum absolute atomic E-state index is 13.1. The van der Waals surface area contributed by atoms with E-state index in [9.17, 15) is 4.39 Å². The van der Waals surface area contributed by atoms with Crippen molar-refractivity contribution >= 4 is 17.4 Å². The summed E-state index contributed by atoms with van der Waals surface area (Å²) in [5, 5.41) is 3.56. The summed E-state index contributed by atoms with van der Waals surface area (Å²) in [4.78, 5) is 9.02. The topological polar surface area (TPSA) is 37.8 Å². The van der Waals surface area contributed by atoms with Crippen LogP contribution in [-0.2, 0) is 6.42 Å². The first-order valence-corrected chi connectivity index (χ1v) is 7.01. The van der Waals surface area contributed by atoms with Gasteiger partial charge in [-0.25, -0.2) is 14.4 Å². The van der Waals surface area contributed by atoms with E-state index >= 15 is 0 Å². The second kappa shape index (κ2) is 6.18. The van der Waals surface area contributed by atoms with Crippen molar-refractivity contribution in [2.45, 2.75) is 27.2 Å². The highest BCUT2D eigenvalue weighted by Crippen LogP contribution is 2.28. The number of benzene rings is 1. The Kier molecular flexibility index (Phi) is 4.55. The zero-order chi connectivity index (χ0) is 14.7. The molecule has 0 amide bonds. The highest BCUT2D eigenvalue weighted by molar-refractivity contribution is 6.33. The Bertz CT molecular complexity index is 629. The van der Waals surface area contributed by atoms with Crippen LogP contribution in [0, 0.1) is 12.7 Å². The van der Waals surface area contributed by atoms with Crippen molar-refractivity contribution in [2.75, 3.05) is 11.9 Å². The van der Waals surface area contributed by atoms with E-state index in [-0.39, 0.29) is 5.82 Å². The zero-order valence-electron chi connectivity index (χ0n) is 11.8. The molecule has 0 radical (unpaired) electrons. The monoisotopic (exact) mass is 293 g/mol. The third kappa shape index (κ3) is 2.90. The molecule has 0 aliphatic rings. The van der Waals surface area contributed by atoms with Gasteiger partial charge in [-0.3, -0.25) is 0 Å². The predicted octanol–water partition coefficient (Wildman–Crippen LogP) is 4.24. The Morgan fingerprint density at radius 2 is 2.00 bits per heavy atom. The lowest BCUT2D eigenvalue weighted by atomic mass is 10.1. The molecule has 1 N–H and O–H groups in total. The molecule has 1 heterocycles. The summed E-state index contributed by atoms with van der Waals surface area (Å²) in [5.74, 6) is 0.964. The normalized spacial score (nSPS) is 10.7. The standard InChI is InChI=1S/C15H17ClFN3/c1-4-11-9(3)19-15(20-14(11)18-5-2)12-7-6-10(17)8-13(12)16/h6-8H,4-5H2,1-3H3,(H,18,19,20). The van der Waals surface area contributed by atoms with E-state index in [1.165, 1.54) is 12.1 Å². The van der Waals surface area contributed by atoms with Crippen LogP contribution in [0.2, 0.25) is 5.02 Å². The van der Waals surface area contributed by atoms with Crippen LogP contribution in [0.25, 0.3) is 11.4 Å². The van der Waals surface area contributed by atoms with Crippen molar-refractivity contribution in [3.05, 3.63) is 40.3 Å². The number of hydrogen-bond acceptors (Lipinski definition) is 3. The van der Waals surface area contributed by atoms with Crippen molar-refractivity contribution in [1.29, 1.82) is 0 Å². The Balaban J connectivity index is 2.57. The smallest absolute Gasteiger partial charge is 0.163 e. The zero-order valence-corrected chi connectivity index (χ0v) is 12.6. The van der Waals surface area contributed by atoms with E-state index in [1.54, 1.807) is 6.07 Å². The molecule has 0 saturated carbocycles. The van der Waals surface area contributed by atoms with Crippen LogP contribution in [0.1, 0.15) is 25.1 Å². The highest BCUT2D eigenvalue weighted by Gasteiger charge is 2.13. The summed E-state index contributed by atoms with van der Waals surface area (Å²) in [5.41, 5.74) is 2.64. The number of nitrogens with one attached hydrogen (secondary N) is 1. The van der Waals surface area contributed by atoms with Crippen LogP contribution in [-0.4, -0.2) is 16.5 Å². The molecular formula is C15H17ClFN3. The fourth-order valence-corrected chi connectivity index (χ4v) is 2.38. The molecule has 0 unspecified atom stereocenters. The van der Waals surface area contributed by atoms with Gasteiger partial charge in [-0.05, 0) is 38.5 Å². The van der Waals surface area contributed by atoms with Gasteiger partial charge in [0, 0.05) is 23.4 Å². The quantitative estimate of drug-likeness (QED) is 0.916. The molecule has 3 nitrogen and oxygen atoms in total. The van der Waals surface area contributed by atoms with Crippen molar-refractivity contribution in [1.82, 2.24) is 9.97 Å². The highest BCUT2D eigenvalue weighted by atomic mass is 35.5. The average Bonchev–Trinajstić information content (AvgIpc) is 2.38. The molecule has 1 aromatic carbocycles. The van der Waals surface area contributed by atoms with Gasteiger partial charge < -0.3 is 5.32 Å². The van der Waals surface area contributed by atoms with Crippen LogP contribution in [0.4, 0.5) is 10.2 Å². The molecule has 0 saturated heterocycles. The van der Waals surface area contributed by atoms with Crippen molar-refractivity contribution in [2.24, 2.45) is 0 Å². The molecule has 0 atom stereocenters. The minimum absolute atomic E-state index is 0.316. The van der Waals surface area contributed by atoms with Crippen molar-refractivity contribution in [3.63, 3.8) is 0 Å². The fraction of sp³-hybridized carbons (Fsp3) is 0.333. The first-order chi connectivity index (χ1) is 9.56. The fourth-order valence-electron chi connectivity index (χ4n) is 2.12. The third-order valence-electron chi connectivity index (χ3n) is 3.08. The Labute approximate surface area is 123 Å². The number of anilines is 1. The molecule has 5 heteroatoms. The number of nitrogens with zero attached hydrogens (tertiary/aromatic N) is 2. The van der Waals surface area contributed by atoms with Gasteiger partial charge in [-0.2, -0.15) is 0 Å². The van der Waals surface area contributed by atoms with E-state index in [1.807, 2.05) is 13.8 Å². The van der Waals surface area contributed by atoms with Crippen molar-refractivity contribution < 1.29 is 4.39 Å².